The van der Waals surface area contributed by atoms with Gasteiger partial charge in [0, 0.05) is 16.0 Å². The lowest BCUT2D eigenvalue weighted by Gasteiger charge is -2.12. The number of fused-ring (bicyclic) bond motifs is 3. The molecule has 0 saturated carbocycles. The molecule has 0 aliphatic heterocycles. The summed E-state index contributed by atoms with van der Waals surface area (Å²) < 4.78 is 1.36. The molecule has 4 aromatic carbocycles. The summed E-state index contributed by atoms with van der Waals surface area (Å²) in [5.74, 6) is 0. The van der Waals surface area contributed by atoms with Gasteiger partial charge in [-0.1, -0.05) is 78.9 Å². The highest BCUT2D eigenvalue weighted by molar-refractivity contribution is 7.20. The number of hydrogen-bond acceptors (Lipinski definition) is 1. The first kappa shape index (κ1) is 15.9. The molecule has 1 heterocycles. The van der Waals surface area contributed by atoms with Gasteiger partial charge in [-0.15, -0.1) is 11.3 Å². The fourth-order valence-electron chi connectivity index (χ4n) is 4.38. The van der Waals surface area contributed by atoms with Gasteiger partial charge in [-0.25, -0.2) is 0 Å². The first-order valence-electron chi connectivity index (χ1n) is 9.66. The summed E-state index contributed by atoms with van der Waals surface area (Å²) in [5.41, 5.74) is 6.94. The second-order valence-corrected chi connectivity index (χ2v) is 8.48. The Morgan fingerprint density at radius 1 is 0.643 bits per heavy atom. The number of rotatable bonds is 2. The van der Waals surface area contributed by atoms with Crippen LogP contribution in [0.15, 0.2) is 91.0 Å². The largest absolute Gasteiger partial charge is 0.136 e. The second-order valence-electron chi connectivity index (χ2n) is 7.39. The van der Waals surface area contributed by atoms with E-state index in [4.69, 9.17) is 0 Å². The first-order chi connectivity index (χ1) is 13.9. The fraction of sp³-hybridized carbons (Fsp3) is 0.0370. The molecule has 0 amide bonds. The van der Waals surface area contributed by atoms with Crippen molar-refractivity contribution < 1.29 is 0 Å². The average molecular weight is 375 g/mol. The van der Waals surface area contributed by atoms with Crippen molar-refractivity contribution in [3.05, 3.63) is 107 Å². The lowest BCUT2D eigenvalue weighted by Crippen LogP contribution is -1.91. The fourth-order valence-corrected chi connectivity index (χ4v) is 5.45. The zero-order chi connectivity index (χ0) is 18.5. The average Bonchev–Trinajstić information content (AvgIpc) is 3.37. The maximum atomic E-state index is 2.38. The van der Waals surface area contributed by atoms with Gasteiger partial charge >= 0.3 is 0 Å². The van der Waals surface area contributed by atoms with E-state index >= 15 is 0 Å². The minimum absolute atomic E-state index is 1.00. The highest BCUT2D eigenvalue weighted by Crippen LogP contribution is 2.42. The SMILES string of the molecule is C1=C(c2cc3ccccc3s2)Cc2c1cccc2-c1cccc2ccccc12. The number of benzene rings is 4. The van der Waals surface area contributed by atoms with Crippen LogP contribution < -0.4 is 0 Å². The summed E-state index contributed by atoms with van der Waals surface area (Å²) in [6.45, 7) is 0. The topological polar surface area (TPSA) is 0 Å². The molecule has 5 aromatic rings. The molecular formula is C27H18S. The number of hydrogen-bond donors (Lipinski definition) is 0. The van der Waals surface area contributed by atoms with E-state index in [9.17, 15) is 0 Å². The Bertz CT molecular complexity index is 1350. The van der Waals surface area contributed by atoms with Crippen LogP contribution in [0.5, 0.6) is 0 Å². The van der Waals surface area contributed by atoms with Crippen LogP contribution in [0.3, 0.4) is 0 Å². The highest BCUT2D eigenvalue weighted by atomic mass is 32.1. The van der Waals surface area contributed by atoms with Gasteiger partial charge in [0.25, 0.3) is 0 Å². The molecule has 0 bridgehead atoms. The molecule has 6 rings (SSSR count). The third-order valence-corrected chi connectivity index (χ3v) is 6.92. The zero-order valence-corrected chi connectivity index (χ0v) is 16.2. The summed E-state index contributed by atoms with van der Waals surface area (Å²) in [6, 6.07) is 33.1. The molecule has 0 unspecified atom stereocenters. The van der Waals surface area contributed by atoms with Crippen molar-refractivity contribution >= 4 is 43.8 Å². The van der Waals surface area contributed by atoms with Gasteiger partial charge in [0.05, 0.1) is 0 Å². The van der Waals surface area contributed by atoms with Crippen LogP contribution in [0.2, 0.25) is 0 Å². The molecule has 1 aromatic heterocycles. The highest BCUT2D eigenvalue weighted by Gasteiger charge is 2.20. The Labute approximate surface area is 168 Å². The Morgan fingerprint density at radius 3 is 2.32 bits per heavy atom. The second kappa shape index (κ2) is 6.19. The predicted octanol–water partition coefficient (Wildman–Crippen LogP) is 7.82. The molecule has 0 fully saturated rings. The van der Waals surface area contributed by atoms with E-state index in [1.54, 1.807) is 0 Å². The minimum Gasteiger partial charge on any atom is -0.136 e. The molecule has 1 heteroatoms. The molecule has 132 valence electrons. The van der Waals surface area contributed by atoms with Gasteiger partial charge in [0.2, 0.25) is 0 Å². The van der Waals surface area contributed by atoms with E-state index in [1.165, 1.54) is 53.6 Å². The van der Waals surface area contributed by atoms with Crippen LogP contribution >= 0.6 is 11.3 Å². The summed E-state index contributed by atoms with van der Waals surface area (Å²) >= 11 is 1.90. The van der Waals surface area contributed by atoms with Crippen molar-refractivity contribution in [2.45, 2.75) is 6.42 Å². The van der Waals surface area contributed by atoms with Crippen LogP contribution in [-0.4, -0.2) is 0 Å². The van der Waals surface area contributed by atoms with Crippen LogP contribution in [0.25, 0.3) is 43.6 Å². The van der Waals surface area contributed by atoms with Crippen molar-refractivity contribution in [1.82, 2.24) is 0 Å². The van der Waals surface area contributed by atoms with Gasteiger partial charge in [-0.3, -0.25) is 0 Å². The lowest BCUT2D eigenvalue weighted by atomic mass is 9.92. The van der Waals surface area contributed by atoms with Crippen LogP contribution in [-0.2, 0) is 6.42 Å². The van der Waals surface area contributed by atoms with E-state index in [0.717, 1.165) is 6.42 Å². The lowest BCUT2D eigenvalue weighted by molar-refractivity contribution is 1.33. The molecule has 1 aliphatic rings. The van der Waals surface area contributed by atoms with E-state index in [2.05, 4.69) is 97.1 Å². The van der Waals surface area contributed by atoms with E-state index in [-0.39, 0.29) is 0 Å². The summed E-state index contributed by atoms with van der Waals surface area (Å²) in [6.07, 6.45) is 3.39. The molecule has 0 saturated heterocycles. The van der Waals surface area contributed by atoms with Crippen molar-refractivity contribution in [2.75, 3.05) is 0 Å². The van der Waals surface area contributed by atoms with E-state index in [1.807, 2.05) is 11.3 Å². The van der Waals surface area contributed by atoms with Gasteiger partial charge in [0.1, 0.15) is 0 Å². The van der Waals surface area contributed by atoms with Crippen LogP contribution in [0.4, 0.5) is 0 Å². The Hall–Kier alpha value is -3.16. The first-order valence-corrected chi connectivity index (χ1v) is 10.5. The smallest absolute Gasteiger partial charge is 0.0349 e. The monoisotopic (exact) mass is 374 g/mol. The summed E-state index contributed by atoms with van der Waals surface area (Å²) in [7, 11) is 0. The third-order valence-electron chi connectivity index (χ3n) is 5.73. The van der Waals surface area contributed by atoms with Gasteiger partial charge in [-0.2, -0.15) is 0 Å². The molecule has 1 aliphatic carbocycles. The maximum Gasteiger partial charge on any atom is 0.0349 e. The molecule has 0 radical (unpaired) electrons. The van der Waals surface area contributed by atoms with Gasteiger partial charge in [-0.05, 0) is 62.2 Å². The maximum absolute atomic E-state index is 2.38. The molecular weight excluding hydrogens is 356 g/mol. The van der Waals surface area contributed by atoms with Crippen molar-refractivity contribution in [1.29, 1.82) is 0 Å². The van der Waals surface area contributed by atoms with Crippen LogP contribution in [0, 0.1) is 0 Å². The summed E-state index contributed by atoms with van der Waals surface area (Å²) in [5, 5.41) is 3.97. The molecule has 0 nitrogen and oxygen atoms in total. The van der Waals surface area contributed by atoms with E-state index < -0.39 is 0 Å². The quantitative estimate of drug-likeness (QED) is 0.295. The Balaban J connectivity index is 1.47. The standard InChI is InChI=1S/C27H18S/c1-3-11-22-18(7-1)9-5-12-23(22)24-13-6-10-19-15-21(16-25(19)24)27-17-20-8-2-4-14-26(20)28-27/h1-15,17H,16H2. The molecule has 0 N–H and O–H groups in total. The third kappa shape index (κ3) is 2.44. The summed E-state index contributed by atoms with van der Waals surface area (Å²) in [4.78, 5) is 1.39. The normalized spacial score (nSPS) is 13.1. The predicted molar refractivity (Wildman–Crippen MR) is 123 cm³/mol. The van der Waals surface area contributed by atoms with Gasteiger partial charge < -0.3 is 0 Å². The van der Waals surface area contributed by atoms with E-state index in [0.29, 0.717) is 0 Å². The van der Waals surface area contributed by atoms with Crippen molar-refractivity contribution in [2.24, 2.45) is 0 Å². The van der Waals surface area contributed by atoms with Gasteiger partial charge in [0.15, 0.2) is 0 Å². The van der Waals surface area contributed by atoms with Crippen molar-refractivity contribution in [3.8, 4) is 11.1 Å². The molecule has 0 spiro atoms. The Kier molecular flexibility index (Phi) is 3.50. The molecule has 0 atom stereocenters. The number of thiophene rings is 1. The molecule has 28 heavy (non-hydrogen) atoms. The minimum atomic E-state index is 1.00. The zero-order valence-electron chi connectivity index (χ0n) is 15.4. The Morgan fingerprint density at radius 2 is 1.39 bits per heavy atom. The van der Waals surface area contributed by atoms with Crippen LogP contribution in [0.1, 0.15) is 16.0 Å². The van der Waals surface area contributed by atoms with Crippen molar-refractivity contribution in [3.63, 3.8) is 0 Å². The number of allylic oxidation sites excluding steroid dienone is 1.